The average Bonchev–Trinajstić information content (AvgIpc) is 3.04. The fourth-order valence-corrected chi connectivity index (χ4v) is 2.78. The number of rotatable bonds is 4. The molecule has 1 N–H and O–H groups in total. The lowest BCUT2D eigenvalue weighted by Crippen LogP contribution is -2.19. The van der Waals surface area contributed by atoms with Gasteiger partial charge in [-0.2, -0.15) is 5.10 Å². The van der Waals surface area contributed by atoms with Crippen molar-refractivity contribution in [3.63, 3.8) is 0 Å². The number of hydrogen-bond donors (Lipinski definition) is 1. The fourth-order valence-electron chi connectivity index (χ4n) is 2.78. The van der Waals surface area contributed by atoms with E-state index in [4.69, 9.17) is 0 Å². The molecule has 0 fully saturated rings. The number of fused-ring (bicyclic) bond motifs is 1. The Bertz CT molecular complexity index is 806. The van der Waals surface area contributed by atoms with Crippen molar-refractivity contribution in [2.75, 3.05) is 7.05 Å². The maximum atomic E-state index is 4.63. The number of imidazole rings is 1. The highest BCUT2D eigenvalue weighted by Gasteiger charge is 2.18. The Labute approximate surface area is 137 Å². The van der Waals surface area contributed by atoms with Crippen LogP contribution in [0.2, 0.25) is 0 Å². The lowest BCUT2D eigenvalue weighted by atomic mass is 9.92. The highest BCUT2D eigenvalue weighted by atomic mass is 15.2. The van der Waals surface area contributed by atoms with Crippen LogP contribution in [0.4, 0.5) is 0 Å². The Balaban J connectivity index is 1.75. The van der Waals surface area contributed by atoms with Gasteiger partial charge in [0, 0.05) is 30.4 Å². The molecule has 0 saturated carbocycles. The molecule has 0 radical (unpaired) electrons. The van der Waals surface area contributed by atoms with E-state index in [2.05, 4.69) is 71.5 Å². The van der Waals surface area contributed by atoms with Crippen LogP contribution in [0.15, 0.2) is 30.5 Å². The second kappa shape index (κ2) is 5.81. The smallest absolute Gasteiger partial charge is 0.137 e. The van der Waals surface area contributed by atoms with Gasteiger partial charge in [-0.25, -0.2) is 4.98 Å². The van der Waals surface area contributed by atoms with Crippen molar-refractivity contribution in [3.8, 4) is 0 Å². The van der Waals surface area contributed by atoms with Crippen LogP contribution in [-0.4, -0.2) is 31.5 Å². The van der Waals surface area contributed by atoms with Gasteiger partial charge < -0.3 is 4.40 Å². The quantitative estimate of drug-likeness (QED) is 0.804. The fraction of sp³-hybridized carbons (Fsp3) is 0.444. The van der Waals surface area contributed by atoms with E-state index in [1.807, 2.05) is 18.2 Å². The first-order chi connectivity index (χ1) is 10.8. The second-order valence-corrected chi connectivity index (χ2v) is 7.27. The van der Waals surface area contributed by atoms with Crippen molar-refractivity contribution in [3.05, 3.63) is 53.2 Å². The third-order valence-electron chi connectivity index (χ3n) is 4.09. The molecule has 122 valence electrons. The van der Waals surface area contributed by atoms with E-state index in [1.54, 1.807) is 0 Å². The molecule has 3 heterocycles. The second-order valence-electron chi connectivity index (χ2n) is 7.27. The summed E-state index contributed by atoms with van der Waals surface area (Å²) in [5, 5.41) is 7.60. The van der Waals surface area contributed by atoms with Gasteiger partial charge >= 0.3 is 0 Å². The molecule has 0 saturated heterocycles. The zero-order chi connectivity index (χ0) is 16.6. The number of nitrogens with one attached hydrogen (secondary N) is 1. The summed E-state index contributed by atoms with van der Waals surface area (Å²) in [6, 6.07) is 8.27. The van der Waals surface area contributed by atoms with Gasteiger partial charge in [0.15, 0.2) is 0 Å². The van der Waals surface area contributed by atoms with E-state index < -0.39 is 0 Å². The van der Waals surface area contributed by atoms with Crippen LogP contribution in [0.3, 0.4) is 0 Å². The van der Waals surface area contributed by atoms with Crippen molar-refractivity contribution in [2.45, 2.75) is 46.2 Å². The van der Waals surface area contributed by atoms with Gasteiger partial charge in [0.1, 0.15) is 5.65 Å². The van der Waals surface area contributed by atoms with Gasteiger partial charge in [0.25, 0.3) is 0 Å². The van der Waals surface area contributed by atoms with Gasteiger partial charge in [0.2, 0.25) is 0 Å². The maximum Gasteiger partial charge on any atom is 0.137 e. The van der Waals surface area contributed by atoms with Crippen molar-refractivity contribution in [2.24, 2.45) is 0 Å². The standard InChI is InChI=1S/C18H25N5/c1-13-15(23-9-7-6-8-17(23)19-13)12-22(5)11-14-10-16(21-20-14)18(2,3)4/h6-10H,11-12H2,1-5H3,(H,20,21). The van der Waals surface area contributed by atoms with Crippen molar-refractivity contribution < 1.29 is 0 Å². The molecule has 0 atom stereocenters. The van der Waals surface area contributed by atoms with Gasteiger partial charge in [0.05, 0.1) is 17.1 Å². The molecule has 3 aromatic heterocycles. The number of hydrogen-bond acceptors (Lipinski definition) is 3. The first-order valence-corrected chi connectivity index (χ1v) is 8.00. The van der Waals surface area contributed by atoms with Crippen LogP contribution >= 0.6 is 0 Å². The molecule has 0 spiro atoms. The van der Waals surface area contributed by atoms with Gasteiger partial charge in [-0.1, -0.05) is 26.8 Å². The summed E-state index contributed by atoms with van der Waals surface area (Å²) in [5.41, 5.74) is 5.65. The van der Waals surface area contributed by atoms with Crippen molar-refractivity contribution >= 4 is 5.65 Å². The average molecular weight is 311 g/mol. The molecule has 3 rings (SSSR count). The Hall–Kier alpha value is -2.14. The van der Waals surface area contributed by atoms with E-state index >= 15 is 0 Å². The molecule has 0 amide bonds. The molecule has 0 aromatic carbocycles. The van der Waals surface area contributed by atoms with Gasteiger partial charge in [-0.3, -0.25) is 10.00 Å². The molecule has 0 aliphatic rings. The van der Waals surface area contributed by atoms with Crippen LogP contribution in [0.5, 0.6) is 0 Å². The molecule has 3 aromatic rings. The van der Waals surface area contributed by atoms with E-state index in [0.29, 0.717) is 0 Å². The SMILES string of the molecule is Cc1nc2ccccn2c1CN(C)Cc1cc(C(C)(C)C)n[nH]1. The molecule has 0 aliphatic carbocycles. The zero-order valence-electron chi connectivity index (χ0n) is 14.6. The summed E-state index contributed by atoms with van der Waals surface area (Å²) < 4.78 is 2.17. The third-order valence-corrected chi connectivity index (χ3v) is 4.09. The number of nitrogens with zero attached hydrogens (tertiary/aromatic N) is 4. The molecule has 0 bridgehead atoms. The minimum Gasteiger partial charge on any atom is -0.302 e. The predicted octanol–water partition coefficient (Wildman–Crippen LogP) is 3.30. The lowest BCUT2D eigenvalue weighted by Gasteiger charge is -2.16. The monoisotopic (exact) mass is 311 g/mol. The Morgan fingerprint density at radius 2 is 2.00 bits per heavy atom. The first kappa shape index (κ1) is 15.7. The Morgan fingerprint density at radius 1 is 1.22 bits per heavy atom. The molecular formula is C18H25N5. The zero-order valence-corrected chi connectivity index (χ0v) is 14.6. The Kier molecular flexibility index (Phi) is 3.98. The summed E-state index contributed by atoms with van der Waals surface area (Å²) in [5.74, 6) is 0. The molecule has 0 aliphatic heterocycles. The highest BCUT2D eigenvalue weighted by Crippen LogP contribution is 2.21. The van der Waals surface area contributed by atoms with Crippen LogP contribution in [0.1, 0.15) is 43.5 Å². The molecule has 5 heteroatoms. The first-order valence-electron chi connectivity index (χ1n) is 8.00. The third kappa shape index (κ3) is 3.29. The summed E-state index contributed by atoms with van der Waals surface area (Å²) in [4.78, 5) is 6.91. The van der Waals surface area contributed by atoms with Crippen LogP contribution in [0.25, 0.3) is 5.65 Å². The van der Waals surface area contributed by atoms with E-state index in [0.717, 1.165) is 35.8 Å². The van der Waals surface area contributed by atoms with Crippen molar-refractivity contribution in [1.29, 1.82) is 0 Å². The number of aryl methyl sites for hydroxylation is 1. The minimum absolute atomic E-state index is 0.0750. The van der Waals surface area contributed by atoms with E-state index in [1.165, 1.54) is 5.69 Å². The van der Waals surface area contributed by atoms with Gasteiger partial charge in [-0.15, -0.1) is 0 Å². The van der Waals surface area contributed by atoms with E-state index in [9.17, 15) is 0 Å². The molecule has 0 unspecified atom stereocenters. The summed E-state index contributed by atoms with van der Waals surface area (Å²) in [7, 11) is 2.12. The summed E-state index contributed by atoms with van der Waals surface area (Å²) >= 11 is 0. The topological polar surface area (TPSA) is 49.2 Å². The number of aromatic amines is 1. The van der Waals surface area contributed by atoms with Crippen LogP contribution in [-0.2, 0) is 18.5 Å². The number of pyridine rings is 1. The highest BCUT2D eigenvalue weighted by molar-refractivity contribution is 5.42. The summed E-state index contributed by atoms with van der Waals surface area (Å²) in [6.07, 6.45) is 2.08. The van der Waals surface area contributed by atoms with Crippen molar-refractivity contribution in [1.82, 2.24) is 24.5 Å². The minimum atomic E-state index is 0.0750. The Morgan fingerprint density at radius 3 is 2.70 bits per heavy atom. The van der Waals surface area contributed by atoms with Crippen LogP contribution in [0, 0.1) is 6.92 Å². The van der Waals surface area contributed by atoms with Crippen LogP contribution < -0.4 is 0 Å². The molecule has 5 nitrogen and oxygen atoms in total. The maximum absolute atomic E-state index is 4.63. The lowest BCUT2D eigenvalue weighted by molar-refractivity contribution is 0.309. The summed E-state index contributed by atoms with van der Waals surface area (Å²) in [6.45, 7) is 10.3. The normalized spacial score (nSPS) is 12.4. The molecular weight excluding hydrogens is 286 g/mol. The largest absolute Gasteiger partial charge is 0.302 e. The molecule has 23 heavy (non-hydrogen) atoms. The number of H-pyrrole nitrogens is 1. The van der Waals surface area contributed by atoms with E-state index in [-0.39, 0.29) is 5.41 Å². The predicted molar refractivity (Wildman–Crippen MR) is 92.4 cm³/mol. The number of aromatic nitrogens is 4. The van der Waals surface area contributed by atoms with Gasteiger partial charge in [-0.05, 0) is 32.2 Å².